The second kappa shape index (κ2) is 6.83. The Labute approximate surface area is 141 Å². The fourth-order valence-corrected chi connectivity index (χ4v) is 2.71. The molecule has 0 aliphatic carbocycles. The number of pyridine rings is 1. The molecule has 0 spiro atoms. The number of carbonyl (C=O) groups is 1. The van der Waals surface area contributed by atoms with Gasteiger partial charge in [-0.2, -0.15) is 5.10 Å². The third-order valence-corrected chi connectivity index (χ3v) is 3.78. The van der Waals surface area contributed by atoms with Gasteiger partial charge in [-0.05, 0) is 42.3 Å². The Morgan fingerprint density at radius 3 is 2.58 bits per heavy atom. The van der Waals surface area contributed by atoms with E-state index in [1.807, 2.05) is 56.3 Å². The molecule has 5 nitrogen and oxygen atoms in total. The number of aromatic nitrogens is 3. The molecule has 0 saturated heterocycles. The SMILES string of the molecule is COc1ccc(-c2cccc3nc(CC(=O)CC(C)C)nn23)cc1. The summed E-state index contributed by atoms with van der Waals surface area (Å²) in [4.78, 5) is 16.5. The second-order valence-electron chi connectivity index (χ2n) is 6.25. The summed E-state index contributed by atoms with van der Waals surface area (Å²) in [6, 6.07) is 13.6. The first-order valence-corrected chi connectivity index (χ1v) is 8.07. The molecule has 0 aliphatic heterocycles. The average molecular weight is 323 g/mol. The number of rotatable bonds is 6. The maximum atomic E-state index is 12.0. The fourth-order valence-electron chi connectivity index (χ4n) is 2.71. The van der Waals surface area contributed by atoms with Crippen molar-refractivity contribution in [2.75, 3.05) is 7.11 Å². The maximum Gasteiger partial charge on any atom is 0.159 e. The van der Waals surface area contributed by atoms with E-state index >= 15 is 0 Å². The smallest absolute Gasteiger partial charge is 0.159 e. The van der Waals surface area contributed by atoms with Gasteiger partial charge < -0.3 is 4.74 Å². The topological polar surface area (TPSA) is 56.5 Å². The van der Waals surface area contributed by atoms with Crippen LogP contribution in [0, 0.1) is 5.92 Å². The van der Waals surface area contributed by atoms with Crippen molar-refractivity contribution in [3.05, 3.63) is 48.3 Å². The number of hydrogen-bond donors (Lipinski definition) is 0. The molecule has 0 N–H and O–H groups in total. The van der Waals surface area contributed by atoms with Crippen LogP contribution in [0.3, 0.4) is 0 Å². The Morgan fingerprint density at radius 1 is 1.17 bits per heavy atom. The van der Waals surface area contributed by atoms with Crippen LogP contribution in [-0.4, -0.2) is 27.5 Å². The van der Waals surface area contributed by atoms with Crippen molar-refractivity contribution < 1.29 is 9.53 Å². The van der Waals surface area contributed by atoms with Gasteiger partial charge in [-0.1, -0.05) is 19.9 Å². The summed E-state index contributed by atoms with van der Waals surface area (Å²) in [5, 5.41) is 4.53. The first-order chi connectivity index (χ1) is 11.6. The molecule has 24 heavy (non-hydrogen) atoms. The number of hydrogen-bond acceptors (Lipinski definition) is 4. The second-order valence-corrected chi connectivity index (χ2v) is 6.25. The Hall–Kier alpha value is -2.69. The fraction of sp³-hybridized carbons (Fsp3) is 0.316. The van der Waals surface area contributed by atoms with E-state index in [1.54, 1.807) is 11.6 Å². The molecule has 124 valence electrons. The molecule has 0 aliphatic rings. The van der Waals surface area contributed by atoms with Crippen molar-refractivity contribution in [1.29, 1.82) is 0 Å². The summed E-state index contributed by atoms with van der Waals surface area (Å²) in [5.74, 6) is 1.90. The van der Waals surface area contributed by atoms with Gasteiger partial charge in [0, 0.05) is 12.0 Å². The Morgan fingerprint density at radius 2 is 1.92 bits per heavy atom. The number of carbonyl (C=O) groups excluding carboxylic acids is 1. The first-order valence-electron chi connectivity index (χ1n) is 8.07. The number of fused-ring (bicyclic) bond motifs is 1. The van der Waals surface area contributed by atoms with Crippen LogP contribution in [0.15, 0.2) is 42.5 Å². The van der Waals surface area contributed by atoms with E-state index < -0.39 is 0 Å². The standard InChI is InChI=1S/C19H21N3O2/c1-13(2)11-15(23)12-18-20-19-6-4-5-17(22(19)21-18)14-7-9-16(24-3)10-8-14/h4-10,13H,11-12H2,1-3H3. The summed E-state index contributed by atoms with van der Waals surface area (Å²) in [6.07, 6.45) is 0.836. The van der Waals surface area contributed by atoms with Crippen molar-refractivity contribution >= 4 is 11.4 Å². The highest BCUT2D eigenvalue weighted by Crippen LogP contribution is 2.23. The van der Waals surface area contributed by atoms with Crippen LogP contribution in [-0.2, 0) is 11.2 Å². The van der Waals surface area contributed by atoms with Crippen molar-refractivity contribution in [2.24, 2.45) is 5.92 Å². The highest BCUT2D eigenvalue weighted by Gasteiger charge is 2.13. The molecule has 0 atom stereocenters. The van der Waals surface area contributed by atoms with E-state index in [1.165, 1.54) is 0 Å². The first kappa shape index (κ1) is 16.2. The minimum absolute atomic E-state index is 0.173. The van der Waals surface area contributed by atoms with Crippen LogP contribution in [0.2, 0.25) is 0 Å². The molecule has 0 fully saturated rings. The van der Waals surface area contributed by atoms with Gasteiger partial charge in [-0.15, -0.1) is 0 Å². The van der Waals surface area contributed by atoms with E-state index in [0.29, 0.717) is 18.2 Å². The normalized spacial score (nSPS) is 11.2. The monoisotopic (exact) mass is 323 g/mol. The zero-order chi connectivity index (χ0) is 17.1. The Balaban J connectivity index is 1.93. The molecule has 0 radical (unpaired) electrons. The quantitative estimate of drug-likeness (QED) is 0.696. The maximum absolute atomic E-state index is 12.0. The summed E-state index contributed by atoms with van der Waals surface area (Å²) in [7, 11) is 1.65. The number of ether oxygens (including phenoxy) is 1. The predicted molar refractivity (Wildman–Crippen MR) is 93.1 cm³/mol. The molecule has 0 saturated carbocycles. The molecule has 2 heterocycles. The molecule has 0 unspecified atom stereocenters. The average Bonchev–Trinajstić information content (AvgIpc) is 2.96. The lowest BCUT2D eigenvalue weighted by Crippen LogP contribution is -2.07. The highest BCUT2D eigenvalue weighted by molar-refractivity contribution is 5.80. The van der Waals surface area contributed by atoms with Crippen molar-refractivity contribution in [3.63, 3.8) is 0 Å². The van der Waals surface area contributed by atoms with Crippen LogP contribution in [0.1, 0.15) is 26.1 Å². The van der Waals surface area contributed by atoms with Crippen LogP contribution < -0.4 is 4.74 Å². The summed E-state index contributed by atoms with van der Waals surface area (Å²) < 4.78 is 6.99. The van der Waals surface area contributed by atoms with Gasteiger partial charge in [0.1, 0.15) is 11.5 Å². The third-order valence-electron chi connectivity index (χ3n) is 3.78. The van der Waals surface area contributed by atoms with Gasteiger partial charge >= 0.3 is 0 Å². The predicted octanol–water partition coefficient (Wildman–Crippen LogP) is 3.56. The van der Waals surface area contributed by atoms with E-state index in [4.69, 9.17) is 4.74 Å². The lowest BCUT2D eigenvalue weighted by Gasteiger charge is -2.05. The van der Waals surface area contributed by atoms with Gasteiger partial charge in [0.2, 0.25) is 0 Å². The molecule has 3 rings (SSSR count). The van der Waals surface area contributed by atoms with Crippen LogP contribution in [0.25, 0.3) is 16.9 Å². The molecule has 5 heteroatoms. The lowest BCUT2D eigenvalue weighted by molar-refractivity contribution is -0.119. The minimum atomic E-state index is 0.173. The summed E-state index contributed by atoms with van der Waals surface area (Å²) >= 11 is 0. The molecule has 2 aromatic heterocycles. The summed E-state index contributed by atoms with van der Waals surface area (Å²) in [5.41, 5.74) is 2.70. The number of ketones is 1. The minimum Gasteiger partial charge on any atom is -0.497 e. The molecule has 1 aromatic carbocycles. The largest absolute Gasteiger partial charge is 0.497 e. The lowest BCUT2D eigenvalue weighted by atomic mass is 10.1. The van der Waals surface area contributed by atoms with Crippen LogP contribution in [0.5, 0.6) is 5.75 Å². The Kier molecular flexibility index (Phi) is 4.60. The number of benzene rings is 1. The van der Waals surface area contributed by atoms with Gasteiger partial charge in [-0.3, -0.25) is 4.79 Å². The third kappa shape index (κ3) is 3.45. The van der Waals surface area contributed by atoms with Gasteiger partial charge in [0.05, 0.1) is 19.2 Å². The zero-order valence-corrected chi connectivity index (χ0v) is 14.2. The number of methoxy groups -OCH3 is 1. The number of Topliss-reactive ketones (excluding diaryl/α,β-unsaturated/α-hetero) is 1. The van der Waals surface area contributed by atoms with Crippen LogP contribution >= 0.6 is 0 Å². The van der Waals surface area contributed by atoms with E-state index in [9.17, 15) is 4.79 Å². The van der Waals surface area contributed by atoms with E-state index in [2.05, 4.69) is 10.1 Å². The van der Waals surface area contributed by atoms with E-state index in [-0.39, 0.29) is 12.2 Å². The van der Waals surface area contributed by atoms with Gasteiger partial charge in [-0.25, -0.2) is 9.50 Å². The molecule has 0 bridgehead atoms. The van der Waals surface area contributed by atoms with Gasteiger partial charge in [0.25, 0.3) is 0 Å². The van der Waals surface area contributed by atoms with Crippen molar-refractivity contribution in [3.8, 4) is 17.0 Å². The number of nitrogens with zero attached hydrogens (tertiary/aromatic N) is 3. The van der Waals surface area contributed by atoms with E-state index in [0.717, 1.165) is 22.7 Å². The molecular weight excluding hydrogens is 302 g/mol. The summed E-state index contributed by atoms with van der Waals surface area (Å²) in [6.45, 7) is 4.08. The molecule has 3 aromatic rings. The Bertz CT molecular complexity index is 851. The van der Waals surface area contributed by atoms with Gasteiger partial charge in [0.15, 0.2) is 11.5 Å². The molecule has 0 amide bonds. The van der Waals surface area contributed by atoms with Crippen LogP contribution in [0.4, 0.5) is 0 Å². The zero-order valence-electron chi connectivity index (χ0n) is 14.2. The molecular formula is C19H21N3O2. The highest BCUT2D eigenvalue weighted by atomic mass is 16.5. The van der Waals surface area contributed by atoms with Crippen molar-refractivity contribution in [2.45, 2.75) is 26.7 Å². The van der Waals surface area contributed by atoms with Crippen molar-refractivity contribution in [1.82, 2.24) is 14.6 Å².